The monoisotopic (exact) mass is 397 g/mol. The number of aryl methyl sites for hydroxylation is 1. The second-order valence-corrected chi connectivity index (χ2v) is 6.45. The van der Waals surface area contributed by atoms with Crippen LogP contribution in [0.1, 0.15) is 12.5 Å². The maximum absolute atomic E-state index is 12.1. The van der Waals surface area contributed by atoms with E-state index in [9.17, 15) is 4.79 Å². The van der Waals surface area contributed by atoms with Gasteiger partial charge in [0.05, 0.1) is 17.3 Å². The van der Waals surface area contributed by atoms with Crippen molar-refractivity contribution in [3.8, 4) is 22.9 Å². The van der Waals surface area contributed by atoms with Gasteiger partial charge in [0.2, 0.25) is 5.88 Å². The molecule has 3 rings (SSSR count). The highest BCUT2D eigenvalue weighted by molar-refractivity contribution is 6.32. The standard InChI is InChI=1S/C21H20ClN3O3/c1-3-27-21-11-10-18(24-25-21)15-5-7-16(8-6-15)23-20(26)13-28-19-12-14(2)4-9-17(19)22/h4-12H,3,13H2,1-2H3,(H,23,26). The van der Waals surface area contributed by atoms with Crippen LogP contribution in [0.4, 0.5) is 5.69 Å². The average Bonchev–Trinajstić information content (AvgIpc) is 2.70. The summed E-state index contributed by atoms with van der Waals surface area (Å²) in [7, 11) is 0. The molecule has 0 atom stereocenters. The van der Waals surface area contributed by atoms with Gasteiger partial charge in [0.25, 0.3) is 5.91 Å². The molecule has 0 aliphatic heterocycles. The third-order valence-corrected chi connectivity index (χ3v) is 4.15. The molecule has 0 unspecified atom stereocenters. The fraction of sp³-hybridized carbons (Fsp3) is 0.190. The van der Waals surface area contributed by atoms with E-state index in [0.29, 0.717) is 28.9 Å². The highest BCUT2D eigenvalue weighted by atomic mass is 35.5. The van der Waals surface area contributed by atoms with Gasteiger partial charge in [-0.3, -0.25) is 4.79 Å². The van der Waals surface area contributed by atoms with Crippen LogP contribution in [0, 0.1) is 6.92 Å². The minimum atomic E-state index is -0.272. The summed E-state index contributed by atoms with van der Waals surface area (Å²) in [6.07, 6.45) is 0. The molecule has 0 bridgehead atoms. The molecule has 0 radical (unpaired) electrons. The molecular weight excluding hydrogens is 378 g/mol. The van der Waals surface area contributed by atoms with Gasteiger partial charge in [0, 0.05) is 17.3 Å². The van der Waals surface area contributed by atoms with E-state index in [2.05, 4.69) is 15.5 Å². The Bertz CT molecular complexity index is 944. The van der Waals surface area contributed by atoms with E-state index in [1.165, 1.54) is 0 Å². The summed E-state index contributed by atoms with van der Waals surface area (Å²) in [5.41, 5.74) is 3.27. The molecule has 144 valence electrons. The second kappa shape index (κ2) is 9.19. The fourth-order valence-corrected chi connectivity index (χ4v) is 2.66. The van der Waals surface area contributed by atoms with E-state index in [0.717, 1.165) is 16.8 Å². The third kappa shape index (κ3) is 5.20. The number of carbonyl (C=O) groups excluding carboxylic acids is 1. The molecule has 0 saturated carbocycles. The summed E-state index contributed by atoms with van der Waals surface area (Å²) in [6.45, 7) is 4.24. The average molecular weight is 398 g/mol. The number of rotatable bonds is 7. The Labute approximate surface area is 168 Å². The highest BCUT2D eigenvalue weighted by Gasteiger charge is 2.08. The van der Waals surface area contributed by atoms with E-state index in [1.54, 1.807) is 30.3 Å². The van der Waals surface area contributed by atoms with Crippen LogP contribution in [0.25, 0.3) is 11.3 Å². The van der Waals surface area contributed by atoms with Crippen LogP contribution < -0.4 is 14.8 Å². The number of nitrogens with one attached hydrogen (secondary N) is 1. The van der Waals surface area contributed by atoms with Crippen molar-refractivity contribution in [1.82, 2.24) is 10.2 Å². The molecular formula is C21H20ClN3O3. The zero-order chi connectivity index (χ0) is 19.9. The Morgan fingerprint density at radius 1 is 1.04 bits per heavy atom. The van der Waals surface area contributed by atoms with E-state index in [4.69, 9.17) is 21.1 Å². The van der Waals surface area contributed by atoms with E-state index in [1.807, 2.05) is 38.1 Å². The molecule has 0 aliphatic carbocycles. The normalized spacial score (nSPS) is 10.4. The molecule has 6 nitrogen and oxygen atoms in total. The van der Waals surface area contributed by atoms with Gasteiger partial charge in [-0.25, -0.2) is 0 Å². The predicted molar refractivity (Wildman–Crippen MR) is 109 cm³/mol. The first-order valence-corrected chi connectivity index (χ1v) is 9.18. The number of ether oxygens (including phenoxy) is 2. The number of benzene rings is 2. The molecule has 0 fully saturated rings. The largest absolute Gasteiger partial charge is 0.482 e. The summed E-state index contributed by atoms with van der Waals surface area (Å²) in [5, 5.41) is 11.4. The maximum Gasteiger partial charge on any atom is 0.262 e. The van der Waals surface area contributed by atoms with Crippen LogP contribution in [0.3, 0.4) is 0 Å². The van der Waals surface area contributed by atoms with Crippen molar-refractivity contribution in [2.45, 2.75) is 13.8 Å². The molecule has 7 heteroatoms. The summed E-state index contributed by atoms with van der Waals surface area (Å²) >= 11 is 6.07. The van der Waals surface area contributed by atoms with Crippen LogP contribution in [0.5, 0.6) is 11.6 Å². The van der Waals surface area contributed by atoms with Gasteiger partial charge in [-0.1, -0.05) is 29.8 Å². The third-order valence-electron chi connectivity index (χ3n) is 3.84. The summed E-state index contributed by atoms with van der Waals surface area (Å²) in [6, 6.07) is 16.3. The van der Waals surface area contributed by atoms with Crippen molar-refractivity contribution < 1.29 is 14.3 Å². The topological polar surface area (TPSA) is 73.3 Å². The van der Waals surface area contributed by atoms with Crippen molar-refractivity contribution in [2.75, 3.05) is 18.5 Å². The summed E-state index contributed by atoms with van der Waals surface area (Å²) < 4.78 is 10.8. The van der Waals surface area contributed by atoms with Gasteiger partial charge in [-0.2, -0.15) is 0 Å². The first-order chi connectivity index (χ1) is 13.5. The van der Waals surface area contributed by atoms with E-state index in [-0.39, 0.29) is 12.5 Å². The van der Waals surface area contributed by atoms with E-state index < -0.39 is 0 Å². The molecule has 1 amide bonds. The Balaban J connectivity index is 1.57. The SMILES string of the molecule is CCOc1ccc(-c2ccc(NC(=O)COc3cc(C)ccc3Cl)cc2)nn1. The quantitative estimate of drug-likeness (QED) is 0.634. The summed E-state index contributed by atoms with van der Waals surface area (Å²) in [4.78, 5) is 12.1. The maximum atomic E-state index is 12.1. The van der Waals surface area contributed by atoms with Gasteiger partial charge in [-0.05, 0) is 49.7 Å². The molecule has 1 N–H and O–H groups in total. The van der Waals surface area contributed by atoms with Crippen molar-refractivity contribution in [3.05, 3.63) is 65.2 Å². The number of halogens is 1. The number of carbonyl (C=O) groups is 1. The molecule has 2 aromatic carbocycles. The molecule has 0 spiro atoms. The van der Waals surface area contributed by atoms with Gasteiger partial charge < -0.3 is 14.8 Å². The minimum Gasteiger partial charge on any atom is -0.482 e. The number of anilines is 1. The highest BCUT2D eigenvalue weighted by Crippen LogP contribution is 2.25. The van der Waals surface area contributed by atoms with Crippen molar-refractivity contribution in [3.63, 3.8) is 0 Å². The van der Waals surface area contributed by atoms with Crippen LogP contribution in [-0.2, 0) is 4.79 Å². The zero-order valence-electron chi connectivity index (χ0n) is 15.6. The van der Waals surface area contributed by atoms with Crippen LogP contribution >= 0.6 is 11.6 Å². The van der Waals surface area contributed by atoms with Crippen LogP contribution in [0.15, 0.2) is 54.6 Å². The molecule has 28 heavy (non-hydrogen) atoms. The lowest BCUT2D eigenvalue weighted by Crippen LogP contribution is -2.20. The van der Waals surface area contributed by atoms with Crippen molar-refractivity contribution in [1.29, 1.82) is 0 Å². The Kier molecular flexibility index (Phi) is 6.45. The fourth-order valence-electron chi connectivity index (χ4n) is 2.48. The van der Waals surface area contributed by atoms with Gasteiger partial charge in [0.1, 0.15) is 5.75 Å². The van der Waals surface area contributed by atoms with Crippen LogP contribution in [0.2, 0.25) is 5.02 Å². The lowest BCUT2D eigenvalue weighted by molar-refractivity contribution is -0.118. The molecule has 1 aromatic heterocycles. The smallest absolute Gasteiger partial charge is 0.262 e. The van der Waals surface area contributed by atoms with E-state index >= 15 is 0 Å². The summed E-state index contributed by atoms with van der Waals surface area (Å²) in [5.74, 6) is 0.705. The van der Waals surface area contributed by atoms with Crippen LogP contribution in [-0.4, -0.2) is 29.3 Å². The number of amides is 1. The van der Waals surface area contributed by atoms with Crippen molar-refractivity contribution in [2.24, 2.45) is 0 Å². The number of nitrogens with zero attached hydrogens (tertiary/aromatic N) is 2. The van der Waals surface area contributed by atoms with Gasteiger partial charge in [0.15, 0.2) is 6.61 Å². The number of aromatic nitrogens is 2. The Hall–Kier alpha value is -3.12. The Morgan fingerprint density at radius 2 is 1.82 bits per heavy atom. The zero-order valence-corrected chi connectivity index (χ0v) is 16.4. The molecule has 0 saturated heterocycles. The molecule has 1 heterocycles. The first kappa shape index (κ1) is 19.6. The first-order valence-electron chi connectivity index (χ1n) is 8.81. The lowest BCUT2D eigenvalue weighted by Gasteiger charge is -2.10. The number of hydrogen-bond acceptors (Lipinski definition) is 5. The minimum absolute atomic E-state index is 0.130. The second-order valence-electron chi connectivity index (χ2n) is 6.04. The molecule has 3 aromatic rings. The van der Waals surface area contributed by atoms with Crippen molar-refractivity contribution >= 4 is 23.2 Å². The predicted octanol–water partition coefficient (Wildman–Crippen LogP) is 4.52. The van der Waals surface area contributed by atoms with Gasteiger partial charge >= 0.3 is 0 Å². The number of hydrogen-bond donors (Lipinski definition) is 1. The molecule has 0 aliphatic rings. The lowest BCUT2D eigenvalue weighted by atomic mass is 10.1. The Morgan fingerprint density at radius 3 is 2.50 bits per heavy atom. The van der Waals surface area contributed by atoms with Gasteiger partial charge in [-0.15, -0.1) is 10.2 Å².